The molecule has 1 aliphatic rings. The van der Waals surface area contributed by atoms with Crippen LogP contribution in [-0.2, 0) is 4.74 Å². The van der Waals surface area contributed by atoms with Crippen LogP contribution in [0.3, 0.4) is 0 Å². The molecule has 5 nitrogen and oxygen atoms in total. The molecule has 1 fully saturated rings. The zero-order chi connectivity index (χ0) is 13.8. The first-order valence-electron chi connectivity index (χ1n) is 6.15. The van der Waals surface area contributed by atoms with Crippen LogP contribution in [-0.4, -0.2) is 30.4 Å². The van der Waals surface area contributed by atoms with Crippen LogP contribution in [0.25, 0.3) is 0 Å². The maximum absolute atomic E-state index is 13.2. The largest absolute Gasteiger partial charge is 0.490 e. The lowest BCUT2D eigenvalue weighted by molar-refractivity contribution is -0.0113. The van der Waals surface area contributed by atoms with Crippen LogP contribution < -0.4 is 10.5 Å². The van der Waals surface area contributed by atoms with Crippen LogP contribution in [0.15, 0.2) is 12.1 Å². The SMILES string of the molecule is Nc1c(F)ccc(OCC2CCCCO2)c1C(=O)O. The number of nitrogen functional groups attached to an aromatic ring is 1. The molecule has 0 bridgehead atoms. The molecule has 19 heavy (non-hydrogen) atoms. The minimum Gasteiger partial charge on any atom is -0.490 e. The number of anilines is 1. The number of carboxylic acids is 1. The predicted octanol–water partition coefficient (Wildman–Crippen LogP) is 2.05. The Bertz CT molecular complexity index is 472. The molecule has 2 rings (SSSR count). The summed E-state index contributed by atoms with van der Waals surface area (Å²) in [6.07, 6.45) is 2.91. The van der Waals surface area contributed by atoms with Gasteiger partial charge >= 0.3 is 5.97 Å². The molecule has 3 N–H and O–H groups in total. The van der Waals surface area contributed by atoms with Crippen molar-refractivity contribution in [2.75, 3.05) is 18.9 Å². The molecule has 0 radical (unpaired) electrons. The van der Waals surface area contributed by atoms with Crippen molar-refractivity contribution < 1.29 is 23.8 Å². The molecule has 0 aliphatic carbocycles. The second-order valence-corrected chi connectivity index (χ2v) is 4.44. The van der Waals surface area contributed by atoms with Crippen LogP contribution in [0.1, 0.15) is 29.6 Å². The Balaban J connectivity index is 2.11. The summed E-state index contributed by atoms with van der Waals surface area (Å²) >= 11 is 0. The van der Waals surface area contributed by atoms with Gasteiger partial charge in [-0.3, -0.25) is 0 Å². The van der Waals surface area contributed by atoms with Crippen LogP contribution >= 0.6 is 0 Å². The monoisotopic (exact) mass is 269 g/mol. The van der Waals surface area contributed by atoms with Crippen LogP contribution in [0.5, 0.6) is 5.75 Å². The molecule has 0 aromatic heterocycles. The average molecular weight is 269 g/mol. The Morgan fingerprint density at radius 3 is 2.95 bits per heavy atom. The number of hydrogen-bond donors (Lipinski definition) is 2. The van der Waals surface area contributed by atoms with Gasteiger partial charge in [-0.2, -0.15) is 0 Å². The summed E-state index contributed by atoms with van der Waals surface area (Å²) in [6, 6.07) is 2.37. The van der Waals surface area contributed by atoms with E-state index in [1.807, 2.05) is 0 Å². The summed E-state index contributed by atoms with van der Waals surface area (Å²) < 4.78 is 24.1. The summed E-state index contributed by atoms with van der Waals surface area (Å²) in [6.45, 7) is 0.927. The van der Waals surface area contributed by atoms with E-state index >= 15 is 0 Å². The van der Waals surface area contributed by atoms with Crippen LogP contribution in [0.4, 0.5) is 10.1 Å². The van der Waals surface area contributed by atoms with E-state index in [0.717, 1.165) is 25.3 Å². The lowest BCUT2D eigenvalue weighted by Gasteiger charge is -2.23. The Morgan fingerprint density at radius 1 is 1.53 bits per heavy atom. The molecule has 1 atom stereocenters. The normalized spacial score (nSPS) is 19.1. The molecule has 1 heterocycles. The highest BCUT2D eigenvalue weighted by Gasteiger charge is 2.20. The second-order valence-electron chi connectivity index (χ2n) is 4.44. The average Bonchev–Trinajstić information content (AvgIpc) is 2.41. The van der Waals surface area contributed by atoms with E-state index in [4.69, 9.17) is 20.3 Å². The number of aromatic carboxylic acids is 1. The molecule has 6 heteroatoms. The number of hydrogen-bond acceptors (Lipinski definition) is 4. The van der Waals surface area contributed by atoms with Crippen molar-refractivity contribution in [3.63, 3.8) is 0 Å². The number of halogens is 1. The number of ether oxygens (including phenoxy) is 2. The van der Waals surface area contributed by atoms with E-state index in [1.165, 1.54) is 6.07 Å². The minimum absolute atomic E-state index is 0.0540. The Hall–Kier alpha value is -1.82. The molecule has 1 saturated heterocycles. The Labute approximate surface area is 110 Å². The van der Waals surface area contributed by atoms with Crippen molar-refractivity contribution >= 4 is 11.7 Å². The molecule has 104 valence electrons. The highest BCUT2D eigenvalue weighted by molar-refractivity contribution is 5.96. The number of rotatable bonds is 4. The standard InChI is InChI=1S/C13H16FNO4/c14-9-4-5-10(11(12(9)15)13(16)17)19-7-8-3-1-2-6-18-8/h4-5,8H,1-3,6-7,15H2,(H,16,17). The molecule has 1 aromatic carbocycles. The van der Waals surface area contributed by atoms with E-state index in [0.29, 0.717) is 6.61 Å². The van der Waals surface area contributed by atoms with E-state index in [9.17, 15) is 9.18 Å². The van der Waals surface area contributed by atoms with Crippen LogP contribution in [0.2, 0.25) is 0 Å². The Kier molecular flexibility index (Phi) is 4.21. The van der Waals surface area contributed by atoms with Gasteiger partial charge in [-0.05, 0) is 31.4 Å². The van der Waals surface area contributed by atoms with Gasteiger partial charge in [0.25, 0.3) is 0 Å². The summed E-state index contributed by atoms with van der Waals surface area (Å²) in [4.78, 5) is 11.1. The van der Waals surface area contributed by atoms with Gasteiger partial charge in [0.1, 0.15) is 23.7 Å². The third-order valence-corrected chi connectivity index (χ3v) is 3.07. The van der Waals surface area contributed by atoms with Gasteiger partial charge in [0.2, 0.25) is 0 Å². The first-order valence-corrected chi connectivity index (χ1v) is 6.15. The third-order valence-electron chi connectivity index (χ3n) is 3.07. The first kappa shape index (κ1) is 13.6. The van der Waals surface area contributed by atoms with Gasteiger partial charge in [-0.25, -0.2) is 9.18 Å². The van der Waals surface area contributed by atoms with Crippen molar-refractivity contribution in [1.29, 1.82) is 0 Å². The molecule has 0 saturated carbocycles. The maximum Gasteiger partial charge on any atom is 0.341 e. The summed E-state index contributed by atoms with van der Waals surface area (Å²) in [5, 5.41) is 9.05. The van der Waals surface area contributed by atoms with Gasteiger partial charge in [0.15, 0.2) is 0 Å². The van der Waals surface area contributed by atoms with Gasteiger partial charge in [-0.1, -0.05) is 0 Å². The van der Waals surface area contributed by atoms with E-state index in [2.05, 4.69) is 0 Å². The fraction of sp³-hybridized carbons (Fsp3) is 0.462. The zero-order valence-electron chi connectivity index (χ0n) is 10.4. The zero-order valence-corrected chi connectivity index (χ0v) is 10.4. The summed E-state index contributed by atoms with van der Waals surface area (Å²) in [7, 11) is 0. The number of nitrogens with two attached hydrogens (primary N) is 1. The fourth-order valence-corrected chi connectivity index (χ4v) is 2.04. The van der Waals surface area contributed by atoms with Crippen molar-refractivity contribution in [3.8, 4) is 5.75 Å². The number of benzene rings is 1. The minimum atomic E-state index is -1.31. The quantitative estimate of drug-likeness (QED) is 0.817. The molecule has 1 aliphatic heterocycles. The smallest absolute Gasteiger partial charge is 0.341 e. The molecule has 0 amide bonds. The number of carboxylic acid groups (broad SMARTS) is 1. The highest BCUT2D eigenvalue weighted by atomic mass is 19.1. The summed E-state index contributed by atoms with van der Waals surface area (Å²) in [5.41, 5.74) is 4.68. The lowest BCUT2D eigenvalue weighted by atomic mass is 10.1. The Morgan fingerprint density at radius 2 is 2.32 bits per heavy atom. The third kappa shape index (κ3) is 3.14. The van der Waals surface area contributed by atoms with Crippen molar-refractivity contribution in [2.24, 2.45) is 0 Å². The molecular weight excluding hydrogens is 253 g/mol. The first-order chi connectivity index (χ1) is 9.09. The van der Waals surface area contributed by atoms with E-state index in [1.54, 1.807) is 0 Å². The van der Waals surface area contributed by atoms with Gasteiger partial charge < -0.3 is 20.3 Å². The van der Waals surface area contributed by atoms with E-state index in [-0.39, 0.29) is 24.0 Å². The van der Waals surface area contributed by atoms with Crippen molar-refractivity contribution in [2.45, 2.75) is 25.4 Å². The molecule has 1 unspecified atom stereocenters. The number of carbonyl (C=O) groups is 1. The maximum atomic E-state index is 13.2. The van der Waals surface area contributed by atoms with Gasteiger partial charge in [0, 0.05) is 6.61 Å². The van der Waals surface area contributed by atoms with Gasteiger partial charge in [0.05, 0.1) is 11.8 Å². The predicted molar refractivity (Wildman–Crippen MR) is 66.9 cm³/mol. The van der Waals surface area contributed by atoms with Gasteiger partial charge in [-0.15, -0.1) is 0 Å². The van der Waals surface area contributed by atoms with Crippen molar-refractivity contribution in [3.05, 3.63) is 23.5 Å². The van der Waals surface area contributed by atoms with Crippen molar-refractivity contribution in [1.82, 2.24) is 0 Å². The molecule has 1 aromatic rings. The molecule has 0 spiro atoms. The van der Waals surface area contributed by atoms with Crippen LogP contribution in [0, 0.1) is 5.82 Å². The van der Waals surface area contributed by atoms with E-state index < -0.39 is 17.5 Å². The highest BCUT2D eigenvalue weighted by Crippen LogP contribution is 2.27. The lowest BCUT2D eigenvalue weighted by Crippen LogP contribution is -2.26. The summed E-state index contributed by atoms with van der Waals surface area (Å²) in [5.74, 6) is -2.00. The second kappa shape index (κ2) is 5.88. The fourth-order valence-electron chi connectivity index (χ4n) is 2.04. The topological polar surface area (TPSA) is 81.8 Å². The molecular formula is C13H16FNO4.